The van der Waals surface area contributed by atoms with E-state index in [0.29, 0.717) is 32.0 Å². The van der Waals surface area contributed by atoms with Crippen molar-refractivity contribution >= 4 is 24.2 Å². The highest BCUT2D eigenvalue weighted by molar-refractivity contribution is 5.85. The van der Waals surface area contributed by atoms with E-state index in [-0.39, 0.29) is 30.1 Å². The molecule has 1 aliphatic heterocycles. The molecule has 3 N–H and O–H groups in total. The van der Waals surface area contributed by atoms with Gasteiger partial charge in [-0.15, -0.1) is 12.4 Å². The molecule has 5 nitrogen and oxygen atoms in total. The van der Waals surface area contributed by atoms with E-state index in [2.05, 4.69) is 29.6 Å². The van der Waals surface area contributed by atoms with Crippen molar-refractivity contribution in [3.63, 3.8) is 0 Å². The molecule has 2 unspecified atom stereocenters. The number of likely N-dealkylation sites (tertiary alicyclic amines) is 1. The molecule has 1 aromatic rings. The van der Waals surface area contributed by atoms with E-state index in [1.807, 2.05) is 4.90 Å². The number of rotatable bonds is 5. The zero-order valence-corrected chi connectivity index (χ0v) is 16.1. The molecule has 0 aromatic heterocycles. The molecule has 2 amide bonds. The molecule has 144 valence electrons. The lowest BCUT2D eigenvalue weighted by molar-refractivity contribution is -0.136. The summed E-state index contributed by atoms with van der Waals surface area (Å²) in [5.74, 6) is 0.454. The average molecular weight is 380 g/mol. The normalized spacial score (nSPS) is 22.1. The monoisotopic (exact) mass is 379 g/mol. The Kier molecular flexibility index (Phi) is 7.91. The molecule has 1 saturated heterocycles. The van der Waals surface area contributed by atoms with Gasteiger partial charge in [0.25, 0.3) is 0 Å². The van der Waals surface area contributed by atoms with Gasteiger partial charge < -0.3 is 16.0 Å². The first-order chi connectivity index (χ1) is 12.2. The van der Waals surface area contributed by atoms with Crippen LogP contribution in [0.4, 0.5) is 0 Å². The van der Waals surface area contributed by atoms with Crippen LogP contribution in [0.1, 0.15) is 49.1 Å². The summed E-state index contributed by atoms with van der Waals surface area (Å²) in [6.45, 7) is 2.27. The molecule has 0 radical (unpaired) electrons. The number of carbonyl (C=O) groups is 2. The number of halogens is 1. The lowest BCUT2D eigenvalue weighted by atomic mass is 9.80. The summed E-state index contributed by atoms with van der Waals surface area (Å²) in [5, 5.41) is 2.85. The third kappa shape index (κ3) is 4.98. The van der Waals surface area contributed by atoms with Crippen molar-refractivity contribution in [3.05, 3.63) is 35.4 Å². The van der Waals surface area contributed by atoms with Crippen LogP contribution in [0.3, 0.4) is 0 Å². The smallest absolute Gasteiger partial charge is 0.224 e. The van der Waals surface area contributed by atoms with Gasteiger partial charge >= 0.3 is 0 Å². The maximum absolute atomic E-state index is 12.8. The Balaban J connectivity index is 0.00000243. The van der Waals surface area contributed by atoms with Crippen molar-refractivity contribution in [2.24, 2.45) is 11.7 Å². The van der Waals surface area contributed by atoms with E-state index >= 15 is 0 Å². The Labute approximate surface area is 162 Å². The highest BCUT2D eigenvalue weighted by atomic mass is 35.5. The number of amides is 2. The van der Waals surface area contributed by atoms with Gasteiger partial charge in [-0.1, -0.05) is 24.3 Å². The van der Waals surface area contributed by atoms with E-state index < -0.39 is 0 Å². The standard InChI is InChI=1S/C20H29N3O2.ClH/c21-10-11-22-20(25)17-8-4-12-23(14-17)19(24)13-16-7-3-6-15-5-1-2-9-18(15)16;/h1-2,5,9,16-17H,3-4,6-8,10-14,21H2,(H,22,25);1H. The number of piperidine rings is 1. The lowest BCUT2D eigenvalue weighted by Gasteiger charge is -2.34. The number of nitrogens with two attached hydrogens (primary N) is 1. The van der Waals surface area contributed by atoms with Crippen molar-refractivity contribution in [2.75, 3.05) is 26.2 Å². The first kappa shape index (κ1) is 20.7. The van der Waals surface area contributed by atoms with E-state index in [0.717, 1.165) is 38.6 Å². The molecule has 2 atom stereocenters. The fourth-order valence-corrected chi connectivity index (χ4v) is 4.16. The largest absolute Gasteiger partial charge is 0.355 e. The summed E-state index contributed by atoms with van der Waals surface area (Å²) in [4.78, 5) is 26.9. The van der Waals surface area contributed by atoms with Crippen LogP contribution in [0, 0.1) is 5.92 Å². The highest BCUT2D eigenvalue weighted by Gasteiger charge is 2.30. The number of hydrogen-bond donors (Lipinski definition) is 2. The molecule has 1 heterocycles. The molecule has 1 aliphatic carbocycles. The quantitative estimate of drug-likeness (QED) is 0.823. The van der Waals surface area contributed by atoms with Gasteiger partial charge in [-0.05, 0) is 49.1 Å². The molecule has 1 fully saturated rings. The Hall–Kier alpha value is -1.59. The predicted molar refractivity (Wildman–Crippen MR) is 105 cm³/mol. The number of carbonyl (C=O) groups excluding carboxylic acids is 2. The minimum Gasteiger partial charge on any atom is -0.355 e. The molecule has 3 rings (SSSR count). The van der Waals surface area contributed by atoms with Crippen LogP contribution < -0.4 is 11.1 Å². The molecule has 26 heavy (non-hydrogen) atoms. The van der Waals surface area contributed by atoms with Crippen LogP contribution in [0.25, 0.3) is 0 Å². The topological polar surface area (TPSA) is 75.4 Å². The Morgan fingerprint density at radius 1 is 1.19 bits per heavy atom. The third-order valence-electron chi connectivity index (χ3n) is 5.50. The second-order valence-corrected chi connectivity index (χ2v) is 7.25. The van der Waals surface area contributed by atoms with Crippen LogP contribution in [-0.2, 0) is 16.0 Å². The van der Waals surface area contributed by atoms with Gasteiger partial charge in [-0.3, -0.25) is 9.59 Å². The van der Waals surface area contributed by atoms with Crippen LogP contribution >= 0.6 is 12.4 Å². The van der Waals surface area contributed by atoms with Gasteiger partial charge in [-0.2, -0.15) is 0 Å². The van der Waals surface area contributed by atoms with Gasteiger partial charge in [-0.25, -0.2) is 0 Å². The maximum atomic E-state index is 12.8. The Bertz CT molecular complexity index is 623. The number of benzene rings is 1. The molecule has 0 saturated carbocycles. The lowest BCUT2D eigenvalue weighted by Crippen LogP contribution is -2.46. The fraction of sp³-hybridized carbons (Fsp3) is 0.600. The summed E-state index contributed by atoms with van der Waals surface area (Å²) in [7, 11) is 0. The summed E-state index contributed by atoms with van der Waals surface area (Å²) >= 11 is 0. The van der Waals surface area contributed by atoms with Gasteiger partial charge in [0.1, 0.15) is 0 Å². The number of hydrogen-bond acceptors (Lipinski definition) is 3. The van der Waals surface area contributed by atoms with E-state index in [9.17, 15) is 9.59 Å². The third-order valence-corrected chi connectivity index (χ3v) is 5.50. The van der Waals surface area contributed by atoms with Crippen LogP contribution in [-0.4, -0.2) is 42.9 Å². The van der Waals surface area contributed by atoms with Crippen molar-refractivity contribution in [3.8, 4) is 0 Å². The van der Waals surface area contributed by atoms with Crippen molar-refractivity contribution in [1.29, 1.82) is 0 Å². The van der Waals surface area contributed by atoms with Gasteiger partial charge in [0.15, 0.2) is 0 Å². The van der Waals surface area contributed by atoms with E-state index in [1.165, 1.54) is 11.1 Å². The minimum atomic E-state index is -0.0945. The number of fused-ring (bicyclic) bond motifs is 1. The highest BCUT2D eigenvalue weighted by Crippen LogP contribution is 2.34. The molecule has 2 aliphatic rings. The van der Waals surface area contributed by atoms with E-state index in [1.54, 1.807) is 0 Å². The van der Waals surface area contributed by atoms with Gasteiger partial charge in [0, 0.05) is 32.6 Å². The van der Waals surface area contributed by atoms with Crippen LogP contribution in [0.15, 0.2) is 24.3 Å². The minimum absolute atomic E-state index is 0. The summed E-state index contributed by atoms with van der Waals surface area (Å²) in [6, 6.07) is 8.51. The first-order valence-corrected chi connectivity index (χ1v) is 9.52. The summed E-state index contributed by atoms with van der Waals surface area (Å²) in [5.41, 5.74) is 8.18. The molecule has 1 aromatic carbocycles. The first-order valence-electron chi connectivity index (χ1n) is 9.52. The molecule has 0 bridgehead atoms. The van der Waals surface area contributed by atoms with Gasteiger partial charge in [0.05, 0.1) is 5.92 Å². The number of nitrogens with one attached hydrogen (secondary N) is 1. The summed E-state index contributed by atoms with van der Waals surface area (Å²) in [6.07, 6.45) is 5.67. The molecular formula is C20H30ClN3O2. The molecule has 6 heteroatoms. The molecular weight excluding hydrogens is 350 g/mol. The Morgan fingerprint density at radius 2 is 2.00 bits per heavy atom. The average Bonchev–Trinajstić information content (AvgIpc) is 2.66. The number of aryl methyl sites for hydroxylation is 1. The second-order valence-electron chi connectivity index (χ2n) is 7.25. The fourth-order valence-electron chi connectivity index (χ4n) is 4.16. The maximum Gasteiger partial charge on any atom is 0.224 e. The van der Waals surface area contributed by atoms with E-state index in [4.69, 9.17) is 5.73 Å². The van der Waals surface area contributed by atoms with Crippen LogP contribution in [0.2, 0.25) is 0 Å². The SMILES string of the molecule is Cl.NCCNC(=O)C1CCCN(C(=O)CC2CCCc3ccccc32)C1. The van der Waals surface area contributed by atoms with Crippen molar-refractivity contribution < 1.29 is 9.59 Å². The molecule has 0 spiro atoms. The zero-order chi connectivity index (χ0) is 17.6. The second kappa shape index (κ2) is 9.93. The van der Waals surface area contributed by atoms with Crippen LogP contribution in [0.5, 0.6) is 0 Å². The van der Waals surface area contributed by atoms with Crippen molar-refractivity contribution in [1.82, 2.24) is 10.2 Å². The number of nitrogens with zero attached hydrogens (tertiary/aromatic N) is 1. The summed E-state index contributed by atoms with van der Waals surface area (Å²) < 4.78 is 0. The van der Waals surface area contributed by atoms with Gasteiger partial charge in [0.2, 0.25) is 11.8 Å². The van der Waals surface area contributed by atoms with Crippen molar-refractivity contribution in [2.45, 2.75) is 44.4 Å². The zero-order valence-electron chi connectivity index (χ0n) is 15.3. The predicted octanol–water partition coefficient (Wildman–Crippen LogP) is 2.23. The Morgan fingerprint density at radius 3 is 2.81 bits per heavy atom.